The summed E-state index contributed by atoms with van der Waals surface area (Å²) in [5.74, 6) is 0.363. The Morgan fingerprint density at radius 2 is 1.89 bits per heavy atom. The molecule has 2 aliphatic rings. The van der Waals surface area contributed by atoms with E-state index < -0.39 is 0 Å². The lowest BCUT2D eigenvalue weighted by Gasteiger charge is -2.36. The maximum Gasteiger partial charge on any atom is 0.224 e. The fourth-order valence-electron chi connectivity index (χ4n) is 3.18. The summed E-state index contributed by atoms with van der Waals surface area (Å²) in [6, 6.07) is 0.426. The van der Waals surface area contributed by atoms with Gasteiger partial charge < -0.3 is 15.1 Å². The van der Waals surface area contributed by atoms with Crippen molar-refractivity contribution in [2.75, 3.05) is 39.8 Å². The lowest BCUT2D eigenvalue weighted by molar-refractivity contribution is -0.135. The van der Waals surface area contributed by atoms with E-state index in [1.807, 2.05) is 7.05 Å². The van der Waals surface area contributed by atoms with Gasteiger partial charge in [-0.25, -0.2) is 0 Å². The van der Waals surface area contributed by atoms with Gasteiger partial charge in [0.1, 0.15) is 0 Å². The Morgan fingerprint density at radius 3 is 2.61 bits per heavy atom. The average Bonchev–Trinajstić information content (AvgIpc) is 2.90. The Labute approximate surface area is 111 Å². The van der Waals surface area contributed by atoms with Gasteiger partial charge in [-0.15, -0.1) is 0 Å². The minimum atomic E-state index is 0.363. The highest BCUT2D eigenvalue weighted by atomic mass is 16.2. The highest BCUT2D eigenvalue weighted by molar-refractivity contribution is 5.76. The van der Waals surface area contributed by atoms with Crippen LogP contribution in [-0.2, 0) is 4.79 Å². The Morgan fingerprint density at radius 1 is 1.17 bits per heavy atom. The van der Waals surface area contributed by atoms with E-state index in [0.29, 0.717) is 18.4 Å². The highest BCUT2D eigenvalue weighted by Gasteiger charge is 2.26. The average molecular weight is 253 g/mol. The van der Waals surface area contributed by atoms with E-state index in [2.05, 4.69) is 15.1 Å². The van der Waals surface area contributed by atoms with Crippen LogP contribution in [0.1, 0.15) is 38.5 Å². The molecule has 4 nitrogen and oxygen atoms in total. The number of hydrogen-bond donors (Lipinski definition) is 1. The molecule has 0 radical (unpaired) electrons. The molecule has 1 N–H and O–H groups in total. The maximum atomic E-state index is 12.3. The fourth-order valence-corrected chi connectivity index (χ4v) is 3.18. The van der Waals surface area contributed by atoms with Crippen molar-refractivity contribution in [1.82, 2.24) is 15.1 Å². The lowest BCUT2D eigenvalue weighted by atomic mass is 10.0. The summed E-state index contributed by atoms with van der Waals surface area (Å²) in [7, 11) is 1.97. The molecule has 18 heavy (non-hydrogen) atoms. The summed E-state index contributed by atoms with van der Waals surface area (Å²) in [5, 5.41) is 3.22. The minimum Gasteiger partial charge on any atom is -0.338 e. The normalized spacial score (nSPS) is 25.6. The molecule has 0 spiro atoms. The van der Waals surface area contributed by atoms with Crippen LogP contribution in [0.5, 0.6) is 0 Å². The van der Waals surface area contributed by atoms with Crippen molar-refractivity contribution in [3.05, 3.63) is 0 Å². The number of likely N-dealkylation sites (N-methyl/N-ethyl adjacent to an activating group) is 1. The molecule has 2 heterocycles. The molecule has 1 unspecified atom stereocenters. The summed E-state index contributed by atoms with van der Waals surface area (Å²) < 4.78 is 0. The van der Waals surface area contributed by atoms with Crippen molar-refractivity contribution in [3.8, 4) is 0 Å². The van der Waals surface area contributed by atoms with E-state index in [4.69, 9.17) is 0 Å². The maximum absolute atomic E-state index is 12.3. The molecule has 0 saturated carbocycles. The fraction of sp³-hybridized carbons (Fsp3) is 0.929. The quantitative estimate of drug-likeness (QED) is 0.796. The molecule has 1 atom stereocenters. The first-order chi connectivity index (χ1) is 8.81. The van der Waals surface area contributed by atoms with Crippen molar-refractivity contribution in [1.29, 1.82) is 0 Å². The third-order valence-electron chi connectivity index (χ3n) is 4.23. The van der Waals surface area contributed by atoms with Gasteiger partial charge in [-0.2, -0.15) is 0 Å². The van der Waals surface area contributed by atoms with Gasteiger partial charge in [0.15, 0.2) is 0 Å². The molecule has 0 aromatic carbocycles. The van der Waals surface area contributed by atoms with Gasteiger partial charge in [0.2, 0.25) is 5.91 Å². The molecule has 104 valence electrons. The van der Waals surface area contributed by atoms with Crippen LogP contribution < -0.4 is 5.32 Å². The van der Waals surface area contributed by atoms with Crippen molar-refractivity contribution in [2.24, 2.45) is 0 Å². The van der Waals surface area contributed by atoms with E-state index in [0.717, 1.165) is 26.1 Å². The van der Waals surface area contributed by atoms with Crippen LogP contribution in [0.4, 0.5) is 0 Å². The van der Waals surface area contributed by atoms with E-state index >= 15 is 0 Å². The zero-order valence-corrected chi connectivity index (χ0v) is 11.7. The molecule has 0 aromatic rings. The first-order valence-electron chi connectivity index (χ1n) is 7.47. The molecule has 2 aliphatic heterocycles. The number of likely N-dealkylation sites (tertiary alicyclic amines) is 2. The van der Waals surface area contributed by atoms with Crippen LogP contribution in [0.2, 0.25) is 0 Å². The van der Waals surface area contributed by atoms with Gasteiger partial charge in [0, 0.05) is 32.1 Å². The minimum absolute atomic E-state index is 0.363. The summed E-state index contributed by atoms with van der Waals surface area (Å²) in [5.41, 5.74) is 0. The van der Waals surface area contributed by atoms with Crippen molar-refractivity contribution < 1.29 is 4.79 Å². The monoisotopic (exact) mass is 253 g/mol. The van der Waals surface area contributed by atoms with Gasteiger partial charge in [-0.05, 0) is 52.2 Å². The van der Waals surface area contributed by atoms with Gasteiger partial charge >= 0.3 is 0 Å². The van der Waals surface area contributed by atoms with Crippen LogP contribution in [0.15, 0.2) is 0 Å². The highest BCUT2D eigenvalue weighted by Crippen LogP contribution is 2.18. The Kier molecular flexibility index (Phi) is 5.45. The topological polar surface area (TPSA) is 35.6 Å². The molecule has 1 amide bonds. The first kappa shape index (κ1) is 13.8. The largest absolute Gasteiger partial charge is 0.338 e. The molecule has 2 saturated heterocycles. The summed E-state index contributed by atoms with van der Waals surface area (Å²) in [6.45, 7) is 5.24. The number of piperidine rings is 1. The molecule has 0 aromatic heterocycles. The molecular formula is C14H27N3O. The van der Waals surface area contributed by atoms with Crippen LogP contribution in [0.3, 0.4) is 0 Å². The number of rotatable bonds is 5. The van der Waals surface area contributed by atoms with Crippen LogP contribution in [-0.4, -0.2) is 61.5 Å². The standard InChI is InChI=1S/C14H27N3O/c1-15-12-13-6-2-3-10-17(13)14(18)7-11-16-8-4-5-9-16/h13,15H,2-12H2,1H3. The lowest BCUT2D eigenvalue weighted by Crippen LogP contribution is -2.48. The SMILES string of the molecule is CNCC1CCCCN1C(=O)CCN1CCCC1. The van der Waals surface area contributed by atoms with Crippen LogP contribution in [0, 0.1) is 0 Å². The van der Waals surface area contributed by atoms with E-state index in [1.165, 1.54) is 38.8 Å². The van der Waals surface area contributed by atoms with Crippen molar-refractivity contribution in [3.63, 3.8) is 0 Å². The van der Waals surface area contributed by atoms with Crippen molar-refractivity contribution in [2.45, 2.75) is 44.6 Å². The van der Waals surface area contributed by atoms with Gasteiger partial charge in [-0.3, -0.25) is 4.79 Å². The summed E-state index contributed by atoms with van der Waals surface area (Å²) in [6.07, 6.45) is 6.93. The van der Waals surface area contributed by atoms with Crippen LogP contribution >= 0.6 is 0 Å². The zero-order valence-electron chi connectivity index (χ0n) is 11.7. The zero-order chi connectivity index (χ0) is 12.8. The molecule has 0 bridgehead atoms. The number of carbonyl (C=O) groups excluding carboxylic acids is 1. The summed E-state index contributed by atoms with van der Waals surface area (Å²) in [4.78, 5) is 16.9. The van der Waals surface area contributed by atoms with Gasteiger partial charge in [-0.1, -0.05) is 0 Å². The Hall–Kier alpha value is -0.610. The Bertz CT molecular complexity index is 262. The number of nitrogens with zero attached hydrogens (tertiary/aromatic N) is 2. The van der Waals surface area contributed by atoms with Crippen LogP contribution in [0.25, 0.3) is 0 Å². The van der Waals surface area contributed by atoms with Gasteiger partial charge in [0.05, 0.1) is 0 Å². The molecule has 0 aliphatic carbocycles. The summed E-state index contributed by atoms with van der Waals surface area (Å²) >= 11 is 0. The molecule has 4 heteroatoms. The third kappa shape index (κ3) is 3.69. The predicted octanol–water partition coefficient (Wildman–Crippen LogP) is 1.07. The van der Waals surface area contributed by atoms with Crippen molar-refractivity contribution >= 4 is 5.91 Å². The second-order valence-electron chi connectivity index (χ2n) is 5.59. The number of nitrogens with one attached hydrogen (secondary N) is 1. The number of carbonyl (C=O) groups is 1. The smallest absolute Gasteiger partial charge is 0.224 e. The van der Waals surface area contributed by atoms with Gasteiger partial charge in [0.25, 0.3) is 0 Å². The second kappa shape index (κ2) is 7.10. The number of hydrogen-bond acceptors (Lipinski definition) is 3. The Balaban J connectivity index is 1.77. The molecule has 2 rings (SSSR count). The molecular weight excluding hydrogens is 226 g/mol. The predicted molar refractivity (Wildman–Crippen MR) is 73.6 cm³/mol. The number of amides is 1. The van der Waals surface area contributed by atoms with E-state index in [-0.39, 0.29) is 0 Å². The molecule has 2 fully saturated rings. The first-order valence-corrected chi connectivity index (χ1v) is 7.47. The third-order valence-corrected chi connectivity index (χ3v) is 4.23. The van der Waals surface area contributed by atoms with E-state index in [9.17, 15) is 4.79 Å². The second-order valence-corrected chi connectivity index (χ2v) is 5.59. The van der Waals surface area contributed by atoms with E-state index in [1.54, 1.807) is 0 Å².